The third-order valence-electron chi connectivity index (χ3n) is 5.27. The molecule has 0 aliphatic rings. The zero-order chi connectivity index (χ0) is 23.8. The molecule has 0 spiro atoms. The van der Waals surface area contributed by atoms with Crippen molar-refractivity contribution in [2.75, 3.05) is 13.2 Å². The van der Waals surface area contributed by atoms with Crippen LogP contribution >= 0.6 is 23.2 Å². The largest absolute Gasteiger partial charge is 0.484 e. The molecule has 32 heavy (non-hydrogen) atoms. The lowest BCUT2D eigenvalue weighted by atomic mass is 10.1. The van der Waals surface area contributed by atoms with Crippen LogP contribution < -0.4 is 10.1 Å². The molecule has 2 amide bonds. The van der Waals surface area contributed by atoms with Gasteiger partial charge >= 0.3 is 0 Å². The Hall–Kier alpha value is -2.24. The molecule has 0 bridgehead atoms. The fourth-order valence-electron chi connectivity index (χ4n) is 3.21. The van der Waals surface area contributed by atoms with Crippen molar-refractivity contribution in [2.24, 2.45) is 5.92 Å². The van der Waals surface area contributed by atoms with Crippen LogP contribution in [-0.4, -0.2) is 35.9 Å². The van der Waals surface area contributed by atoms with E-state index in [0.29, 0.717) is 40.2 Å². The summed E-state index contributed by atoms with van der Waals surface area (Å²) in [5, 5.41) is 3.90. The van der Waals surface area contributed by atoms with Crippen molar-refractivity contribution in [3.05, 3.63) is 63.1 Å². The van der Waals surface area contributed by atoms with Gasteiger partial charge in [-0.15, -0.1) is 0 Å². The number of nitrogens with zero attached hydrogens (tertiary/aromatic N) is 1. The van der Waals surface area contributed by atoms with E-state index in [1.165, 1.54) is 4.90 Å². The maximum Gasteiger partial charge on any atom is 0.261 e. The first-order chi connectivity index (χ1) is 15.1. The van der Waals surface area contributed by atoms with Crippen molar-refractivity contribution in [3.63, 3.8) is 0 Å². The maximum absolute atomic E-state index is 13.2. The smallest absolute Gasteiger partial charge is 0.261 e. The highest BCUT2D eigenvalue weighted by atomic mass is 35.5. The topological polar surface area (TPSA) is 58.6 Å². The molecule has 0 unspecified atom stereocenters. The molecule has 0 saturated heterocycles. The molecule has 5 nitrogen and oxygen atoms in total. The Kier molecular flexibility index (Phi) is 9.85. The first kappa shape index (κ1) is 26.0. The Morgan fingerprint density at radius 2 is 1.78 bits per heavy atom. The minimum Gasteiger partial charge on any atom is -0.484 e. The quantitative estimate of drug-likeness (QED) is 0.485. The van der Waals surface area contributed by atoms with Crippen LogP contribution in [0.15, 0.2) is 36.4 Å². The number of ether oxygens (including phenoxy) is 1. The second-order valence-electron chi connectivity index (χ2n) is 8.36. The van der Waals surface area contributed by atoms with Crippen molar-refractivity contribution in [1.82, 2.24) is 10.2 Å². The van der Waals surface area contributed by atoms with Gasteiger partial charge in [-0.1, -0.05) is 56.1 Å². The van der Waals surface area contributed by atoms with E-state index in [2.05, 4.69) is 5.32 Å². The number of benzene rings is 2. The van der Waals surface area contributed by atoms with Crippen LogP contribution in [0.1, 0.15) is 43.9 Å². The predicted octanol–water partition coefficient (Wildman–Crippen LogP) is 5.57. The molecule has 0 saturated carbocycles. The SMILES string of the molecule is CC[C@H](C(=O)NCC(C)C)N(Cc1ccc(Cl)cc1Cl)C(=O)COc1ccc(C)c(C)c1. The lowest BCUT2D eigenvalue weighted by Gasteiger charge is -2.31. The fourth-order valence-corrected chi connectivity index (χ4v) is 3.68. The number of nitrogens with one attached hydrogen (secondary N) is 1. The maximum atomic E-state index is 13.2. The monoisotopic (exact) mass is 478 g/mol. The van der Waals surface area contributed by atoms with Crippen LogP contribution in [0.5, 0.6) is 5.75 Å². The minimum absolute atomic E-state index is 0.179. The number of aryl methyl sites for hydroxylation is 2. The minimum atomic E-state index is -0.642. The molecule has 0 aromatic heterocycles. The first-order valence-electron chi connectivity index (χ1n) is 10.8. The highest BCUT2D eigenvalue weighted by molar-refractivity contribution is 6.35. The van der Waals surface area contributed by atoms with Crippen molar-refractivity contribution in [3.8, 4) is 5.75 Å². The van der Waals surface area contributed by atoms with E-state index in [0.717, 1.165) is 11.1 Å². The van der Waals surface area contributed by atoms with Crippen LogP contribution in [0.25, 0.3) is 0 Å². The van der Waals surface area contributed by atoms with Gasteiger partial charge in [0.1, 0.15) is 11.8 Å². The lowest BCUT2D eigenvalue weighted by Crippen LogP contribution is -2.50. The normalized spacial score (nSPS) is 11.9. The number of hydrogen-bond acceptors (Lipinski definition) is 3. The third kappa shape index (κ3) is 7.42. The van der Waals surface area contributed by atoms with Crippen LogP contribution in [-0.2, 0) is 16.1 Å². The van der Waals surface area contributed by atoms with E-state index >= 15 is 0 Å². The van der Waals surface area contributed by atoms with E-state index in [4.69, 9.17) is 27.9 Å². The average Bonchev–Trinajstić information content (AvgIpc) is 2.74. The third-order valence-corrected chi connectivity index (χ3v) is 5.85. The zero-order valence-corrected chi connectivity index (χ0v) is 20.9. The van der Waals surface area contributed by atoms with E-state index < -0.39 is 6.04 Å². The highest BCUT2D eigenvalue weighted by Gasteiger charge is 2.29. The van der Waals surface area contributed by atoms with Gasteiger partial charge in [-0.25, -0.2) is 0 Å². The van der Waals surface area contributed by atoms with Gasteiger partial charge < -0.3 is 15.0 Å². The summed E-state index contributed by atoms with van der Waals surface area (Å²) in [6, 6.07) is 10.2. The molecule has 1 N–H and O–H groups in total. The molecular formula is C25H32Cl2N2O3. The molecule has 7 heteroatoms. The summed E-state index contributed by atoms with van der Waals surface area (Å²) in [6.07, 6.45) is 0.463. The van der Waals surface area contributed by atoms with Gasteiger partial charge in [-0.05, 0) is 67.1 Å². The van der Waals surface area contributed by atoms with Crippen LogP contribution in [0.2, 0.25) is 10.0 Å². The molecule has 2 aromatic rings. The summed E-state index contributed by atoms with van der Waals surface area (Å²) >= 11 is 12.4. The number of rotatable bonds is 10. The average molecular weight is 479 g/mol. The van der Waals surface area contributed by atoms with Gasteiger partial charge in [0, 0.05) is 23.1 Å². The van der Waals surface area contributed by atoms with Gasteiger partial charge in [-0.3, -0.25) is 9.59 Å². The predicted molar refractivity (Wildman–Crippen MR) is 130 cm³/mol. The molecule has 0 heterocycles. The summed E-state index contributed by atoms with van der Waals surface area (Å²) in [6.45, 7) is 10.5. The van der Waals surface area contributed by atoms with Crippen LogP contribution in [0.3, 0.4) is 0 Å². The van der Waals surface area contributed by atoms with E-state index in [1.54, 1.807) is 18.2 Å². The Bertz CT molecular complexity index is 947. The highest BCUT2D eigenvalue weighted by Crippen LogP contribution is 2.24. The van der Waals surface area contributed by atoms with Gasteiger partial charge in [0.2, 0.25) is 5.91 Å². The summed E-state index contributed by atoms with van der Waals surface area (Å²) < 4.78 is 5.77. The van der Waals surface area contributed by atoms with Crippen molar-refractivity contribution in [1.29, 1.82) is 0 Å². The standard InChI is InChI=1S/C25H32Cl2N2O3/c1-6-23(25(31)28-13-16(2)3)29(14-19-8-9-20(26)12-22(19)27)24(30)15-32-21-10-7-17(4)18(5)11-21/h7-12,16,23H,6,13-15H2,1-5H3,(H,28,31)/t23-/m1/s1. The van der Waals surface area contributed by atoms with E-state index in [-0.39, 0.29) is 25.0 Å². The van der Waals surface area contributed by atoms with E-state index in [9.17, 15) is 9.59 Å². The Morgan fingerprint density at radius 3 is 2.38 bits per heavy atom. The summed E-state index contributed by atoms with van der Waals surface area (Å²) in [4.78, 5) is 27.7. The summed E-state index contributed by atoms with van der Waals surface area (Å²) in [7, 11) is 0. The Balaban J connectivity index is 2.24. The zero-order valence-electron chi connectivity index (χ0n) is 19.4. The molecule has 2 rings (SSSR count). The number of halogens is 2. The number of amides is 2. The second kappa shape index (κ2) is 12.1. The molecule has 0 fully saturated rings. The fraction of sp³-hybridized carbons (Fsp3) is 0.440. The molecular weight excluding hydrogens is 447 g/mol. The van der Waals surface area contributed by atoms with Crippen LogP contribution in [0.4, 0.5) is 0 Å². The summed E-state index contributed by atoms with van der Waals surface area (Å²) in [5.41, 5.74) is 2.94. The Morgan fingerprint density at radius 1 is 1.06 bits per heavy atom. The van der Waals surface area contributed by atoms with E-state index in [1.807, 2.05) is 52.8 Å². The van der Waals surface area contributed by atoms with Crippen molar-refractivity contribution >= 4 is 35.0 Å². The lowest BCUT2D eigenvalue weighted by molar-refractivity contribution is -0.143. The van der Waals surface area contributed by atoms with Gasteiger partial charge in [0.15, 0.2) is 6.61 Å². The molecule has 2 aromatic carbocycles. The molecule has 0 radical (unpaired) electrons. The number of hydrogen-bond donors (Lipinski definition) is 1. The molecule has 1 atom stereocenters. The molecule has 174 valence electrons. The van der Waals surface area contributed by atoms with Crippen molar-refractivity contribution < 1.29 is 14.3 Å². The van der Waals surface area contributed by atoms with Crippen LogP contribution in [0, 0.1) is 19.8 Å². The molecule has 0 aliphatic heterocycles. The number of carbonyl (C=O) groups is 2. The summed E-state index contributed by atoms with van der Waals surface area (Å²) in [5.74, 6) is 0.439. The Labute approximate surface area is 201 Å². The van der Waals surface area contributed by atoms with Gasteiger partial charge in [-0.2, -0.15) is 0 Å². The van der Waals surface area contributed by atoms with Gasteiger partial charge in [0.25, 0.3) is 5.91 Å². The van der Waals surface area contributed by atoms with Crippen molar-refractivity contribution in [2.45, 2.75) is 53.6 Å². The second-order valence-corrected chi connectivity index (χ2v) is 9.20. The van der Waals surface area contributed by atoms with Gasteiger partial charge in [0.05, 0.1) is 0 Å². The number of carbonyl (C=O) groups excluding carboxylic acids is 2. The first-order valence-corrected chi connectivity index (χ1v) is 11.6. The molecule has 0 aliphatic carbocycles.